The van der Waals surface area contributed by atoms with Crippen molar-refractivity contribution in [2.75, 3.05) is 13.6 Å². The van der Waals surface area contributed by atoms with E-state index in [1.165, 1.54) is 122 Å². The van der Waals surface area contributed by atoms with Crippen LogP contribution in [0, 0.1) is 0 Å². The van der Waals surface area contributed by atoms with Gasteiger partial charge in [0.15, 0.2) is 0 Å². The lowest BCUT2D eigenvalue weighted by atomic mass is 10.1. The van der Waals surface area contributed by atoms with Gasteiger partial charge in [-0.05, 0) is 20.0 Å². The van der Waals surface area contributed by atoms with Crippen LogP contribution in [0.1, 0.15) is 150 Å². The van der Waals surface area contributed by atoms with Crippen LogP contribution in [0.25, 0.3) is 0 Å². The van der Waals surface area contributed by atoms with Crippen LogP contribution in [0.15, 0.2) is 0 Å². The maximum Gasteiger partial charge on any atom is -0.00519 e. The summed E-state index contributed by atoms with van der Waals surface area (Å²) in [6.45, 7) is 12.5. The Morgan fingerprint density at radius 2 is 0.593 bits per heavy atom. The van der Waals surface area contributed by atoms with Crippen LogP contribution in [0.4, 0.5) is 4.70 Å². The molecule has 0 amide bonds. The molecule has 0 fully saturated rings. The van der Waals surface area contributed by atoms with Crippen LogP contribution < -0.4 is 5.32 Å². The minimum atomic E-state index is 0. The number of nitrogens with one attached hydrogen (secondary N) is 1. The molecule has 0 aliphatic heterocycles. The molecule has 0 aliphatic rings. The minimum absolute atomic E-state index is 0. The number of hydrogen-bond acceptors (Lipinski definition) is 1. The van der Waals surface area contributed by atoms with Gasteiger partial charge in [-0.3, -0.25) is 4.70 Å². The van der Waals surface area contributed by atoms with Crippen molar-refractivity contribution in [1.29, 1.82) is 0 Å². The van der Waals surface area contributed by atoms with Crippen molar-refractivity contribution >= 4 is 0 Å². The van der Waals surface area contributed by atoms with Crippen LogP contribution >= 0.6 is 0 Å². The first-order valence-electron chi connectivity index (χ1n) is 12.4. The fraction of sp³-hybridized carbons (Fsp3) is 1.00. The summed E-state index contributed by atoms with van der Waals surface area (Å²) in [6.07, 6.45) is 25.4. The van der Waals surface area contributed by atoms with Gasteiger partial charge in [0.2, 0.25) is 0 Å². The summed E-state index contributed by atoms with van der Waals surface area (Å²) in [6, 6.07) is 0. The van der Waals surface area contributed by atoms with Gasteiger partial charge in [0.25, 0.3) is 0 Å². The molecule has 0 heterocycles. The molecule has 0 radical (unpaired) electrons. The van der Waals surface area contributed by atoms with E-state index in [1.54, 1.807) is 0 Å². The number of hydrogen-bond donors (Lipinski definition) is 1. The first-order chi connectivity index (χ1) is 12.7. The van der Waals surface area contributed by atoms with Crippen LogP contribution in [0.3, 0.4) is 0 Å². The second-order valence-electron chi connectivity index (χ2n) is 7.70. The van der Waals surface area contributed by atoms with Gasteiger partial charge >= 0.3 is 0 Å². The van der Waals surface area contributed by atoms with Gasteiger partial charge in [-0.25, -0.2) is 0 Å². The zero-order chi connectivity index (χ0) is 20.1. The summed E-state index contributed by atoms with van der Waals surface area (Å²) in [4.78, 5) is 0. The largest absolute Gasteiger partial charge is 0.320 e. The minimum Gasteiger partial charge on any atom is -0.320 e. The van der Waals surface area contributed by atoms with Crippen molar-refractivity contribution in [3.05, 3.63) is 0 Å². The van der Waals surface area contributed by atoms with Gasteiger partial charge in [0, 0.05) is 0 Å². The maximum absolute atomic E-state index is 3.16. The molecule has 1 nitrogen and oxygen atoms in total. The summed E-state index contributed by atoms with van der Waals surface area (Å²) in [7, 11) is 2.02. The van der Waals surface area contributed by atoms with Gasteiger partial charge < -0.3 is 5.32 Å². The highest BCUT2D eigenvalue weighted by Crippen LogP contribution is 2.04. The first kappa shape index (κ1) is 34.4. The lowest BCUT2D eigenvalue weighted by Gasteiger charge is -1.98. The molecule has 0 aromatic rings. The Hall–Kier alpha value is -0.110. The molecular formula is C25H58FN. The summed E-state index contributed by atoms with van der Waals surface area (Å²) in [5, 5.41) is 3.16. The van der Waals surface area contributed by atoms with E-state index in [1.807, 2.05) is 7.05 Å². The maximum atomic E-state index is 3.16. The van der Waals surface area contributed by atoms with Gasteiger partial charge in [-0.2, -0.15) is 0 Å². The van der Waals surface area contributed by atoms with E-state index in [-0.39, 0.29) is 4.70 Å². The second kappa shape index (κ2) is 40.5. The Morgan fingerprint density at radius 1 is 0.370 bits per heavy atom. The third-order valence-corrected chi connectivity index (χ3v) is 4.69. The highest BCUT2D eigenvalue weighted by Gasteiger charge is 1.87. The van der Waals surface area contributed by atoms with E-state index in [2.05, 4.69) is 39.9 Å². The molecule has 0 unspecified atom stereocenters. The summed E-state index contributed by atoms with van der Waals surface area (Å²) >= 11 is 0. The van der Waals surface area contributed by atoms with E-state index in [0.29, 0.717) is 0 Å². The van der Waals surface area contributed by atoms with E-state index in [9.17, 15) is 0 Å². The summed E-state index contributed by atoms with van der Waals surface area (Å²) < 4.78 is 0. The van der Waals surface area contributed by atoms with Gasteiger partial charge in [0.05, 0.1) is 0 Å². The molecule has 0 aliphatic carbocycles. The van der Waals surface area contributed by atoms with E-state index >= 15 is 0 Å². The molecule has 27 heavy (non-hydrogen) atoms. The van der Waals surface area contributed by atoms with Gasteiger partial charge in [-0.15, -0.1) is 0 Å². The Bertz CT molecular complexity index is 153. The van der Waals surface area contributed by atoms with Crippen molar-refractivity contribution in [1.82, 2.24) is 5.32 Å². The Labute approximate surface area is 174 Å². The molecule has 2 heteroatoms. The zero-order valence-corrected chi connectivity index (χ0v) is 20.3. The average molecular weight is 392 g/mol. The molecule has 0 saturated carbocycles. The van der Waals surface area contributed by atoms with Crippen molar-refractivity contribution in [3.63, 3.8) is 0 Å². The monoisotopic (exact) mass is 391 g/mol. The van der Waals surface area contributed by atoms with E-state index < -0.39 is 0 Å². The number of halogens is 1. The van der Waals surface area contributed by atoms with Gasteiger partial charge in [-0.1, -0.05) is 144 Å². The van der Waals surface area contributed by atoms with Crippen molar-refractivity contribution in [2.45, 2.75) is 150 Å². The average Bonchev–Trinajstić information content (AvgIpc) is 2.66. The molecule has 0 aromatic carbocycles. The van der Waals surface area contributed by atoms with Crippen molar-refractivity contribution in [2.24, 2.45) is 0 Å². The first-order valence-corrected chi connectivity index (χ1v) is 12.4. The van der Waals surface area contributed by atoms with Crippen LogP contribution in [0.2, 0.25) is 0 Å². The number of unbranched alkanes of at least 4 members (excludes halogenated alkanes) is 15. The van der Waals surface area contributed by atoms with E-state index in [4.69, 9.17) is 0 Å². The third-order valence-electron chi connectivity index (χ3n) is 4.69. The highest BCUT2D eigenvalue weighted by molar-refractivity contribution is 4.45. The molecule has 0 spiro atoms. The Kier molecular flexibility index (Phi) is 51.7. The fourth-order valence-corrected chi connectivity index (χ4v) is 2.79. The molecule has 170 valence electrons. The van der Waals surface area contributed by atoms with Crippen LogP contribution in [-0.4, -0.2) is 13.6 Å². The SMILES string of the molecule is CCCCCCCC.CCCCCCCC.CCCCCCCCNC.F. The van der Waals surface area contributed by atoms with Crippen molar-refractivity contribution < 1.29 is 4.70 Å². The van der Waals surface area contributed by atoms with Crippen LogP contribution in [0.5, 0.6) is 0 Å². The molecule has 0 bridgehead atoms. The van der Waals surface area contributed by atoms with Crippen molar-refractivity contribution in [3.8, 4) is 0 Å². The molecular weight excluding hydrogens is 333 g/mol. The summed E-state index contributed by atoms with van der Waals surface area (Å²) in [5.74, 6) is 0. The number of rotatable bonds is 17. The third kappa shape index (κ3) is 51.8. The summed E-state index contributed by atoms with van der Waals surface area (Å²) in [5.41, 5.74) is 0. The Morgan fingerprint density at radius 3 is 0.815 bits per heavy atom. The topological polar surface area (TPSA) is 12.0 Å². The predicted octanol–water partition coefficient (Wildman–Crippen LogP) is 9.45. The smallest absolute Gasteiger partial charge is 0.00519 e. The lowest BCUT2D eigenvalue weighted by Crippen LogP contribution is -2.06. The van der Waals surface area contributed by atoms with Gasteiger partial charge in [0.1, 0.15) is 0 Å². The lowest BCUT2D eigenvalue weighted by molar-refractivity contribution is 0.592. The quantitative estimate of drug-likeness (QED) is 0.243. The molecule has 0 aromatic heterocycles. The normalized spacial score (nSPS) is 9.56. The zero-order valence-electron chi connectivity index (χ0n) is 20.3. The second-order valence-corrected chi connectivity index (χ2v) is 7.70. The highest BCUT2D eigenvalue weighted by atomic mass is 19.0. The van der Waals surface area contributed by atoms with Crippen LogP contribution in [-0.2, 0) is 0 Å². The van der Waals surface area contributed by atoms with E-state index in [0.717, 1.165) is 0 Å². The molecule has 0 saturated heterocycles. The molecule has 1 N–H and O–H groups in total. The fourth-order valence-electron chi connectivity index (χ4n) is 2.79. The standard InChI is InChI=1S/C9H21N.2C8H18.FH/c1-3-4-5-6-7-8-9-10-2;2*1-3-5-7-8-6-4-2;/h10H,3-9H2,1-2H3;2*3-8H2,1-2H3;1H. The molecule has 0 rings (SSSR count). The molecule has 0 atom stereocenters. The predicted molar refractivity (Wildman–Crippen MR) is 128 cm³/mol. The Balaban J connectivity index is -0.000000146.